The minimum Gasteiger partial charge on any atom is -0.478 e. The van der Waals surface area contributed by atoms with Crippen molar-refractivity contribution < 1.29 is 19.4 Å². The fourth-order valence-electron chi connectivity index (χ4n) is 1.95. The average molecular weight is 264 g/mol. The van der Waals surface area contributed by atoms with Gasteiger partial charge in [0.15, 0.2) is 0 Å². The molecule has 1 aromatic carbocycles. The highest BCUT2D eigenvalue weighted by atomic mass is 16.5. The van der Waals surface area contributed by atoms with Crippen molar-refractivity contribution in [3.8, 4) is 0 Å². The first-order chi connectivity index (χ1) is 9.08. The first kappa shape index (κ1) is 13.4. The fraction of sp³-hybridized carbons (Fsp3) is 0.385. The van der Waals surface area contributed by atoms with Crippen LogP contribution in [0, 0.1) is 6.92 Å². The predicted molar refractivity (Wildman–Crippen MR) is 69.5 cm³/mol. The number of aromatic carboxylic acids is 1. The van der Waals surface area contributed by atoms with Crippen LogP contribution in [-0.4, -0.2) is 48.3 Å². The van der Waals surface area contributed by atoms with Crippen molar-refractivity contribution in [2.24, 2.45) is 0 Å². The van der Waals surface area contributed by atoms with Crippen LogP contribution in [0.1, 0.15) is 15.9 Å². The van der Waals surface area contributed by atoms with E-state index in [9.17, 15) is 9.59 Å². The number of carboxylic acids is 1. The van der Waals surface area contributed by atoms with Gasteiger partial charge in [0, 0.05) is 18.8 Å². The fourth-order valence-corrected chi connectivity index (χ4v) is 1.95. The van der Waals surface area contributed by atoms with Gasteiger partial charge >= 0.3 is 12.0 Å². The van der Waals surface area contributed by atoms with Crippen LogP contribution in [-0.2, 0) is 4.74 Å². The Bertz CT molecular complexity index is 495. The SMILES string of the molecule is Cc1cc(NC(=O)N2CCOCC2)ccc1C(=O)O. The second kappa shape index (κ2) is 5.71. The largest absolute Gasteiger partial charge is 0.478 e. The lowest BCUT2D eigenvalue weighted by atomic mass is 10.1. The third kappa shape index (κ3) is 3.23. The molecule has 0 bridgehead atoms. The molecule has 0 aromatic heterocycles. The van der Waals surface area contributed by atoms with Gasteiger partial charge in [-0.25, -0.2) is 9.59 Å². The maximum absolute atomic E-state index is 11.9. The van der Waals surface area contributed by atoms with Gasteiger partial charge in [0.1, 0.15) is 0 Å². The average Bonchev–Trinajstić information content (AvgIpc) is 2.39. The van der Waals surface area contributed by atoms with E-state index < -0.39 is 5.97 Å². The molecule has 0 radical (unpaired) electrons. The van der Waals surface area contributed by atoms with Gasteiger partial charge < -0.3 is 20.1 Å². The standard InChI is InChI=1S/C13H16N2O4/c1-9-8-10(2-3-11(9)12(16)17)14-13(18)15-4-6-19-7-5-15/h2-3,8H,4-7H2,1H3,(H,14,18)(H,16,17). The number of nitrogens with zero attached hydrogens (tertiary/aromatic N) is 1. The third-order valence-electron chi connectivity index (χ3n) is 3.01. The summed E-state index contributed by atoms with van der Waals surface area (Å²) in [6, 6.07) is 4.55. The van der Waals surface area contributed by atoms with E-state index in [0.717, 1.165) is 0 Å². The van der Waals surface area contributed by atoms with E-state index in [1.807, 2.05) is 0 Å². The highest BCUT2D eigenvalue weighted by Gasteiger charge is 2.17. The Labute approximate surface area is 111 Å². The smallest absolute Gasteiger partial charge is 0.335 e. The molecule has 1 aliphatic heterocycles. The molecule has 1 heterocycles. The van der Waals surface area contributed by atoms with Crippen LogP contribution in [0.2, 0.25) is 0 Å². The number of rotatable bonds is 2. The summed E-state index contributed by atoms with van der Waals surface area (Å²) >= 11 is 0. The van der Waals surface area contributed by atoms with E-state index in [1.54, 1.807) is 24.0 Å². The quantitative estimate of drug-likeness (QED) is 0.849. The van der Waals surface area contributed by atoms with Crippen LogP contribution >= 0.6 is 0 Å². The van der Waals surface area contributed by atoms with Crippen molar-refractivity contribution in [2.75, 3.05) is 31.6 Å². The summed E-state index contributed by atoms with van der Waals surface area (Å²) in [5, 5.41) is 11.7. The molecule has 0 aliphatic carbocycles. The number of morpholine rings is 1. The van der Waals surface area contributed by atoms with Gasteiger partial charge in [0.05, 0.1) is 18.8 Å². The van der Waals surface area contributed by atoms with E-state index in [0.29, 0.717) is 37.6 Å². The molecule has 1 fully saturated rings. The number of hydrogen-bond acceptors (Lipinski definition) is 3. The number of urea groups is 1. The summed E-state index contributed by atoms with van der Waals surface area (Å²) in [5.74, 6) is -0.969. The molecule has 1 aliphatic rings. The van der Waals surface area contributed by atoms with Crippen molar-refractivity contribution in [1.29, 1.82) is 0 Å². The maximum atomic E-state index is 11.9. The molecular weight excluding hydrogens is 248 g/mol. The van der Waals surface area contributed by atoms with Crippen molar-refractivity contribution in [3.63, 3.8) is 0 Å². The van der Waals surface area contributed by atoms with Gasteiger partial charge in [-0.3, -0.25) is 0 Å². The number of benzene rings is 1. The molecule has 102 valence electrons. The van der Waals surface area contributed by atoms with Gasteiger partial charge in [0.25, 0.3) is 0 Å². The molecular formula is C13H16N2O4. The molecule has 2 rings (SSSR count). The number of nitrogens with one attached hydrogen (secondary N) is 1. The highest BCUT2D eigenvalue weighted by molar-refractivity contribution is 5.92. The van der Waals surface area contributed by atoms with Crippen molar-refractivity contribution in [2.45, 2.75) is 6.92 Å². The lowest BCUT2D eigenvalue weighted by Crippen LogP contribution is -2.43. The maximum Gasteiger partial charge on any atom is 0.335 e. The number of anilines is 1. The van der Waals surface area contributed by atoms with Crippen LogP contribution in [0.25, 0.3) is 0 Å². The number of carboxylic acid groups (broad SMARTS) is 1. The Morgan fingerprint density at radius 2 is 2.00 bits per heavy atom. The summed E-state index contributed by atoms with van der Waals surface area (Å²) in [6.07, 6.45) is 0. The molecule has 2 N–H and O–H groups in total. The Balaban J connectivity index is 2.04. The number of carbonyl (C=O) groups is 2. The monoisotopic (exact) mass is 264 g/mol. The second-order valence-electron chi connectivity index (χ2n) is 4.36. The summed E-state index contributed by atoms with van der Waals surface area (Å²) in [7, 11) is 0. The van der Waals surface area contributed by atoms with E-state index in [2.05, 4.69) is 5.32 Å². The third-order valence-corrected chi connectivity index (χ3v) is 3.01. The van der Waals surface area contributed by atoms with Crippen molar-refractivity contribution in [3.05, 3.63) is 29.3 Å². The van der Waals surface area contributed by atoms with E-state index in [4.69, 9.17) is 9.84 Å². The summed E-state index contributed by atoms with van der Waals surface area (Å²) in [5.41, 5.74) is 1.45. The van der Waals surface area contributed by atoms with E-state index in [1.165, 1.54) is 6.07 Å². The van der Waals surface area contributed by atoms with Crippen molar-refractivity contribution >= 4 is 17.7 Å². The van der Waals surface area contributed by atoms with Gasteiger partial charge in [-0.15, -0.1) is 0 Å². The van der Waals surface area contributed by atoms with Crippen LogP contribution in [0.15, 0.2) is 18.2 Å². The number of ether oxygens (including phenoxy) is 1. The normalized spacial score (nSPS) is 15.1. The molecule has 0 spiro atoms. The first-order valence-electron chi connectivity index (χ1n) is 6.05. The zero-order valence-corrected chi connectivity index (χ0v) is 10.7. The molecule has 1 saturated heterocycles. The Morgan fingerprint density at radius 1 is 1.32 bits per heavy atom. The van der Waals surface area contributed by atoms with Crippen molar-refractivity contribution in [1.82, 2.24) is 4.90 Å². The van der Waals surface area contributed by atoms with Crippen LogP contribution < -0.4 is 5.32 Å². The Kier molecular flexibility index (Phi) is 4.01. The van der Waals surface area contributed by atoms with Gasteiger partial charge in [-0.2, -0.15) is 0 Å². The van der Waals surface area contributed by atoms with Gasteiger partial charge in [-0.05, 0) is 30.7 Å². The highest BCUT2D eigenvalue weighted by Crippen LogP contribution is 2.16. The number of hydrogen-bond donors (Lipinski definition) is 2. The van der Waals surface area contributed by atoms with Crippen LogP contribution in [0.5, 0.6) is 0 Å². The minimum absolute atomic E-state index is 0.189. The molecule has 0 saturated carbocycles. The topological polar surface area (TPSA) is 78.9 Å². The summed E-state index contributed by atoms with van der Waals surface area (Å²) in [4.78, 5) is 24.5. The Hall–Kier alpha value is -2.08. The van der Waals surface area contributed by atoms with Gasteiger partial charge in [0.2, 0.25) is 0 Å². The zero-order valence-electron chi connectivity index (χ0n) is 10.7. The Morgan fingerprint density at radius 3 is 2.58 bits per heavy atom. The minimum atomic E-state index is -0.969. The first-order valence-corrected chi connectivity index (χ1v) is 6.05. The molecule has 0 unspecified atom stereocenters. The zero-order chi connectivity index (χ0) is 13.8. The molecule has 19 heavy (non-hydrogen) atoms. The summed E-state index contributed by atoms with van der Waals surface area (Å²) < 4.78 is 5.17. The predicted octanol–water partition coefficient (Wildman–Crippen LogP) is 1.56. The van der Waals surface area contributed by atoms with E-state index >= 15 is 0 Å². The summed E-state index contributed by atoms with van der Waals surface area (Å²) in [6.45, 7) is 3.93. The number of amides is 2. The number of carbonyl (C=O) groups excluding carboxylic acids is 1. The molecule has 2 amide bonds. The molecule has 1 aromatic rings. The lowest BCUT2D eigenvalue weighted by Gasteiger charge is -2.27. The van der Waals surface area contributed by atoms with E-state index in [-0.39, 0.29) is 11.6 Å². The number of aryl methyl sites for hydroxylation is 1. The lowest BCUT2D eigenvalue weighted by molar-refractivity contribution is 0.0564. The van der Waals surface area contributed by atoms with Crippen LogP contribution in [0.3, 0.4) is 0 Å². The molecule has 6 nitrogen and oxygen atoms in total. The molecule has 6 heteroatoms. The van der Waals surface area contributed by atoms with Crippen LogP contribution in [0.4, 0.5) is 10.5 Å². The molecule has 0 atom stereocenters. The second-order valence-corrected chi connectivity index (χ2v) is 4.36. The van der Waals surface area contributed by atoms with Gasteiger partial charge in [-0.1, -0.05) is 0 Å².